The van der Waals surface area contributed by atoms with Crippen molar-refractivity contribution in [2.45, 2.75) is 39.3 Å². The normalized spacial score (nSPS) is 20.4. The molecule has 0 saturated carbocycles. The topological polar surface area (TPSA) is 44.8 Å². The van der Waals surface area contributed by atoms with Crippen LogP contribution in [0.3, 0.4) is 0 Å². The first-order valence-corrected chi connectivity index (χ1v) is 9.32. The van der Waals surface area contributed by atoms with E-state index in [1.54, 1.807) is 7.11 Å². The lowest BCUT2D eigenvalue weighted by atomic mass is 10.1. The molecule has 1 aromatic carbocycles. The number of aryl methyl sites for hydroxylation is 1. The SMILES string of the molecule is COCCN1CCN([C@@H](C)C(=O)NCCc2ccccc2C)C[C@H]1C. The molecule has 0 spiro atoms. The number of nitrogens with zero attached hydrogens (tertiary/aromatic N) is 2. The van der Waals surface area contributed by atoms with Crippen molar-refractivity contribution in [1.82, 2.24) is 15.1 Å². The van der Waals surface area contributed by atoms with Crippen molar-refractivity contribution in [1.29, 1.82) is 0 Å². The van der Waals surface area contributed by atoms with Crippen LogP contribution in [0.2, 0.25) is 0 Å². The van der Waals surface area contributed by atoms with Gasteiger partial charge in [0.2, 0.25) is 5.91 Å². The van der Waals surface area contributed by atoms with E-state index in [9.17, 15) is 4.79 Å². The fourth-order valence-corrected chi connectivity index (χ4v) is 3.44. The van der Waals surface area contributed by atoms with E-state index in [4.69, 9.17) is 4.74 Å². The first-order valence-electron chi connectivity index (χ1n) is 9.32. The van der Waals surface area contributed by atoms with Crippen molar-refractivity contribution < 1.29 is 9.53 Å². The van der Waals surface area contributed by atoms with Crippen molar-refractivity contribution in [3.63, 3.8) is 0 Å². The minimum absolute atomic E-state index is 0.0797. The highest BCUT2D eigenvalue weighted by atomic mass is 16.5. The Morgan fingerprint density at radius 2 is 2.12 bits per heavy atom. The summed E-state index contributed by atoms with van der Waals surface area (Å²) < 4.78 is 5.18. The van der Waals surface area contributed by atoms with Gasteiger partial charge in [-0.15, -0.1) is 0 Å². The molecule has 1 saturated heterocycles. The summed E-state index contributed by atoms with van der Waals surface area (Å²) in [5, 5.41) is 3.10. The predicted octanol–water partition coefficient (Wildman–Crippen LogP) is 1.69. The number of rotatable bonds is 8. The molecule has 0 unspecified atom stereocenters. The van der Waals surface area contributed by atoms with Gasteiger partial charge in [0.05, 0.1) is 12.6 Å². The maximum atomic E-state index is 12.5. The van der Waals surface area contributed by atoms with Crippen molar-refractivity contribution in [2.24, 2.45) is 0 Å². The standard InChI is InChI=1S/C20H33N3O2/c1-16-7-5-6-8-19(16)9-10-21-20(24)18(3)23-12-11-22(13-14-25-4)17(2)15-23/h5-8,17-18H,9-15H2,1-4H3,(H,21,24)/t17-,18+/m1/s1. The van der Waals surface area contributed by atoms with E-state index < -0.39 is 0 Å². The van der Waals surface area contributed by atoms with Crippen LogP contribution in [-0.2, 0) is 16.0 Å². The zero-order chi connectivity index (χ0) is 18.2. The van der Waals surface area contributed by atoms with E-state index >= 15 is 0 Å². The van der Waals surface area contributed by atoms with Gasteiger partial charge in [-0.2, -0.15) is 0 Å². The van der Waals surface area contributed by atoms with Crippen LogP contribution >= 0.6 is 0 Å². The highest BCUT2D eigenvalue weighted by Crippen LogP contribution is 2.12. The molecule has 5 nitrogen and oxygen atoms in total. The Hall–Kier alpha value is -1.43. The molecule has 1 N–H and O–H groups in total. The van der Waals surface area contributed by atoms with Gasteiger partial charge in [-0.1, -0.05) is 24.3 Å². The van der Waals surface area contributed by atoms with Gasteiger partial charge in [-0.25, -0.2) is 0 Å². The van der Waals surface area contributed by atoms with Gasteiger partial charge in [-0.05, 0) is 38.3 Å². The number of methoxy groups -OCH3 is 1. The Bertz CT molecular complexity index is 549. The summed E-state index contributed by atoms with van der Waals surface area (Å²) in [5.41, 5.74) is 2.58. The van der Waals surface area contributed by atoms with Gasteiger partial charge in [0.1, 0.15) is 0 Å². The quantitative estimate of drug-likeness (QED) is 0.777. The van der Waals surface area contributed by atoms with E-state index in [1.807, 2.05) is 13.0 Å². The fraction of sp³-hybridized carbons (Fsp3) is 0.650. The fourth-order valence-electron chi connectivity index (χ4n) is 3.44. The molecule has 140 valence electrons. The third kappa shape index (κ3) is 5.80. The van der Waals surface area contributed by atoms with Crippen molar-refractivity contribution in [3.05, 3.63) is 35.4 Å². The lowest BCUT2D eigenvalue weighted by Gasteiger charge is -2.41. The van der Waals surface area contributed by atoms with Crippen LogP contribution in [0, 0.1) is 6.92 Å². The van der Waals surface area contributed by atoms with E-state index in [-0.39, 0.29) is 11.9 Å². The molecule has 1 aliphatic heterocycles. The summed E-state index contributed by atoms with van der Waals surface area (Å²) in [7, 11) is 1.74. The van der Waals surface area contributed by atoms with Crippen LogP contribution in [0.15, 0.2) is 24.3 Å². The summed E-state index contributed by atoms with van der Waals surface area (Å²) in [4.78, 5) is 17.2. The molecule has 1 aliphatic rings. The summed E-state index contributed by atoms with van der Waals surface area (Å²) in [6.07, 6.45) is 0.881. The minimum Gasteiger partial charge on any atom is -0.383 e. The molecule has 0 bridgehead atoms. The third-order valence-corrected chi connectivity index (χ3v) is 5.26. The maximum Gasteiger partial charge on any atom is 0.237 e. The number of benzene rings is 1. The largest absolute Gasteiger partial charge is 0.383 e. The zero-order valence-electron chi connectivity index (χ0n) is 16.1. The van der Waals surface area contributed by atoms with Gasteiger partial charge >= 0.3 is 0 Å². The van der Waals surface area contributed by atoms with Crippen LogP contribution < -0.4 is 5.32 Å². The Labute approximate surface area is 152 Å². The summed E-state index contributed by atoms with van der Waals surface area (Å²) in [5.74, 6) is 0.131. The Morgan fingerprint density at radius 1 is 1.36 bits per heavy atom. The van der Waals surface area contributed by atoms with E-state index in [1.165, 1.54) is 11.1 Å². The molecule has 1 fully saturated rings. The molecule has 0 radical (unpaired) electrons. The number of carbonyl (C=O) groups is 1. The predicted molar refractivity (Wildman–Crippen MR) is 102 cm³/mol. The Kier molecular flexibility index (Phi) is 7.88. The average Bonchev–Trinajstić information content (AvgIpc) is 2.61. The molecule has 1 heterocycles. The van der Waals surface area contributed by atoms with E-state index in [0.717, 1.165) is 39.2 Å². The van der Waals surface area contributed by atoms with Crippen LogP contribution in [0.4, 0.5) is 0 Å². The molecule has 1 amide bonds. The Morgan fingerprint density at radius 3 is 2.80 bits per heavy atom. The van der Waals surface area contributed by atoms with Gasteiger partial charge in [0, 0.05) is 45.9 Å². The number of piperazine rings is 1. The Balaban J connectivity index is 1.75. The van der Waals surface area contributed by atoms with Gasteiger partial charge < -0.3 is 10.1 Å². The number of hydrogen-bond donors (Lipinski definition) is 1. The van der Waals surface area contributed by atoms with E-state index in [2.05, 4.69) is 47.2 Å². The molecule has 25 heavy (non-hydrogen) atoms. The zero-order valence-corrected chi connectivity index (χ0v) is 16.1. The number of hydrogen-bond acceptors (Lipinski definition) is 4. The second kappa shape index (κ2) is 9.90. The average molecular weight is 348 g/mol. The molecule has 2 atom stereocenters. The van der Waals surface area contributed by atoms with Crippen LogP contribution in [0.1, 0.15) is 25.0 Å². The summed E-state index contributed by atoms with van der Waals surface area (Å²) >= 11 is 0. The third-order valence-electron chi connectivity index (χ3n) is 5.26. The highest BCUT2D eigenvalue weighted by molar-refractivity contribution is 5.81. The summed E-state index contributed by atoms with van der Waals surface area (Å²) in [6, 6.07) is 8.72. The van der Waals surface area contributed by atoms with Crippen LogP contribution in [-0.4, -0.2) is 74.2 Å². The van der Waals surface area contributed by atoms with Crippen LogP contribution in [0.25, 0.3) is 0 Å². The minimum atomic E-state index is -0.0797. The van der Waals surface area contributed by atoms with Gasteiger partial charge in [-0.3, -0.25) is 14.6 Å². The lowest BCUT2D eigenvalue weighted by molar-refractivity contribution is -0.127. The van der Waals surface area contributed by atoms with Crippen molar-refractivity contribution in [3.8, 4) is 0 Å². The number of nitrogens with one attached hydrogen (secondary N) is 1. The number of amides is 1. The first kappa shape index (κ1) is 19.9. The molecule has 0 aliphatic carbocycles. The monoisotopic (exact) mass is 347 g/mol. The molecule has 1 aromatic rings. The second-order valence-electron chi connectivity index (χ2n) is 7.02. The number of ether oxygens (including phenoxy) is 1. The molecule has 0 aromatic heterocycles. The molecular formula is C20H33N3O2. The number of carbonyl (C=O) groups excluding carboxylic acids is 1. The molecule has 5 heteroatoms. The van der Waals surface area contributed by atoms with Gasteiger partial charge in [0.25, 0.3) is 0 Å². The maximum absolute atomic E-state index is 12.5. The highest BCUT2D eigenvalue weighted by Gasteiger charge is 2.29. The smallest absolute Gasteiger partial charge is 0.237 e. The lowest BCUT2D eigenvalue weighted by Crippen LogP contribution is -2.57. The van der Waals surface area contributed by atoms with Crippen molar-refractivity contribution in [2.75, 3.05) is 46.4 Å². The van der Waals surface area contributed by atoms with E-state index in [0.29, 0.717) is 12.6 Å². The second-order valence-corrected chi connectivity index (χ2v) is 7.02. The van der Waals surface area contributed by atoms with Crippen molar-refractivity contribution >= 4 is 5.91 Å². The molecule has 2 rings (SSSR count). The summed E-state index contributed by atoms with van der Waals surface area (Å²) in [6.45, 7) is 11.6. The first-order chi connectivity index (χ1) is 12.0. The van der Waals surface area contributed by atoms with Crippen LogP contribution in [0.5, 0.6) is 0 Å². The molecular weight excluding hydrogens is 314 g/mol. The van der Waals surface area contributed by atoms with Gasteiger partial charge in [0.15, 0.2) is 0 Å².